The van der Waals surface area contributed by atoms with Gasteiger partial charge in [0.2, 0.25) is 0 Å². The Labute approximate surface area is 122 Å². The van der Waals surface area contributed by atoms with Gasteiger partial charge in [0.25, 0.3) is 0 Å². The Bertz CT molecular complexity index is 465. The van der Waals surface area contributed by atoms with Crippen LogP contribution in [-0.2, 0) is 0 Å². The van der Waals surface area contributed by atoms with Crippen molar-refractivity contribution in [1.29, 1.82) is 0 Å². The lowest BCUT2D eigenvalue weighted by Gasteiger charge is -2.48. The lowest BCUT2D eigenvalue weighted by Crippen LogP contribution is -2.64. The molecule has 3 atom stereocenters. The average Bonchev–Trinajstić information content (AvgIpc) is 3.21. The molecule has 112 valence electrons. The molecule has 3 nitrogen and oxygen atoms in total. The van der Waals surface area contributed by atoms with Crippen LogP contribution in [0.3, 0.4) is 0 Å². The van der Waals surface area contributed by atoms with Crippen LogP contribution in [0.1, 0.15) is 57.6 Å². The number of piperazine rings is 1. The second kappa shape index (κ2) is 5.19. The molecule has 2 heterocycles. The van der Waals surface area contributed by atoms with Crippen molar-refractivity contribution in [3.8, 4) is 0 Å². The summed E-state index contributed by atoms with van der Waals surface area (Å²) >= 11 is 0. The summed E-state index contributed by atoms with van der Waals surface area (Å²) in [5.74, 6) is 2.99. The molecule has 1 aliphatic heterocycles. The molecule has 0 amide bonds. The highest BCUT2D eigenvalue weighted by Gasteiger charge is 2.46. The first-order chi connectivity index (χ1) is 9.53. The molecule has 0 radical (unpaired) electrons. The third kappa shape index (κ3) is 2.53. The van der Waals surface area contributed by atoms with Crippen molar-refractivity contribution in [2.24, 2.45) is 5.92 Å². The smallest absolute Gasteiger partial charge is 0.121 e. The number of rotatable bonds is 4. The van der Waals surface area contributed by atoms with Gasteiger partial charge in [0, 0.05) is 24.7 Å². The lowest BCUT2D eigenvalue weighted by atomic mass is 9.89. The maximum atomic E-state index is 5.87. The molecule has 0 bridgehead atoms. The van der Waals surface area contributed by atoms with Crippen LogP contribution in [0.25, 0.3) is 0 Å². The lowest BCUT2D eigenvalue weighted by molar-refractivity contribution is 0.0345. The summed E-state index contributed by atoms with van der Waals surface area (Å²) in [5.41, 5.74) is 0.293. The number of nitrogens with zero attached hydrogens (tertiary/aromatic N) is 1. The van der Waals surface area contributed by atoms with Crippen LogP contribution < -0.4 is 5.32 Å². The Hall–Kier alpha value is -0.800. The molecule has 1 saturated heterocycles. The highest BCUT2D eigenvalue weighted by molar-refractivity contribution is 5.12. The molecule has 20 heavy (non-hydrogen) atoms. The summed E-state index contributed by atoms with van der Waals surface area (Å²) in [6.07, 6.45) is 3.97. The van der Waals surface area contributed by atoms with Gasteiger partial charge in [-0.3, -0.25) is 4.90 Å². The van der Waals surface area contributed by atoms with E-state index in [1.165, 1.54) is 19.3 Å². The van der Waals surface area contributed by atoms with Crippen LogP contribution in [0.4, 0.5) is 0 Å². The van der Waals surface area contributed by atoms with Gasteiger partial charge >= 0.3 is 0 Å². The zero-order chi connectivity index (χ0) is 14.3. The van der Waals surface area contributed by atoms with Gasteiger partial charge in [-0.05, 0) is 58.1 Å². The third-order valence-electron chi connectivity index (χ3n) is 5.34. The van der Waals surface area contributed by atoms with E-state index in [4.69, 9.17) is 4.42 Å². The molecule has 2 aliphatic rings. The standard InChI is InChI=1S/C17H28N2O/c1-5-15-10-18-17(4,14-7-8-14)11-19(15)13(3)16-9-6-12(2)20-16/h6,9,13-15,18H,5,7-8,10-11H2,1-4H3. The average molecular weight is 276 g/mol. The maximum Gasteiger partial charge on any atom is 0.121 e. The SMILES string of the molecule is CCC1CNC(C)(C2CC2)CN1C(C)c1ccc(C)o1. The van der Waals surface area contributed by atoms with Crippen LogP contribution in [0.2, 0.25) is 0 Å². The van der Waals surface area contributed by atoms with Gasteiger partial charge in [-0.15, -0.1) is 0 Å². The van der Waals surface area contributed by atoms with E-state index in [0.717, 1.165) is 30.5 Å². The summed E-state index contributed by atoms with van der Waals surface area (Å²) in [6.45, 7) is 11.3. The van der Waals surface area contributed by atoms with Gasteiger partial charge in [0.05, 0.1) is 6.04 Å². The summed E-state index contributed by atoms with van der Waals surface area (Å²) < 4.78 is 5.87. The topological polar surface area (TPSA) is 28.4 Å². The van der Waals surface area contributed by atoms with Crippen LogP contribution >= 0.6 is 0 Å². The summed E-state index contributed by atoms with van der Waals surface area (Å²) in [4.78, 5) is 2.66. The Morgan fingerprint density at radius 2 is 2.20 bits per heavy atom. The number of furan rings is 1. The van der Waals surface area contributed by atoms with Crippen molar-refractivity contribution in [2.45, 2.75) is 64.6 Å². The van der Waals surface area contributed by atoms with Crippen molar-refractivity contribution >= 4 is 0 Å². The molecule has 3 unspecified atom stereocenters. The molecule has 1 aliphatic carbocycles. The first-order valence-corrected chi connectivity index (χ1v) is 8.10. The van der Waals surface area contributed by atoms with Gasteiger partial charge < -0.3 is 9.73 Å². The van der Waals surface area contributed by atoms with Crippen molar-refractivity contribution in [2.75, 3.05) is 13.1 Å². The van der Waals surface area contributed by atoms with Crippen molar-refractivity contribution in [3.05, 3.63) is 23.7 Å². The monoisotopic (exact) mass is 276 g/mol. The first kappa shape index (κ1) is 14.2. The predicted molar refractivity (Wildman–Crippen MR) is 81.8 cm³/mol. The second-order valence-corrected chi connectivity index (χ2v) is 6.93. The molecule has 1 saturated carbocycles. The van der Waals surface area contributed by atoms with Crippen LogP contribution in [0, 0.1) is 12.8 Å². The van der Waals surface area contributed by atoms with Crippen LogP contribution in [-0.4, -0.2) is 29.6 Å². The Morgan fingerprint density at radius 3 is 2.75 bits per heavy atom. The van der Waals surface area contributed by atoms with E-state index in [1.54, 1.807) is 0 Å². The maximum absolute atomic E-state index is 5.87. The van der Waals surface area contributed by atoms with Gasteiger partial charge in [-0.2, -0.15) is 0 Å². The van der Waals surface area contributed by atoms with Crippen LogP contribution in [0.5, 0.6) is 0 Å². The van der Waals surface area contributed by atoms with Gasteiger partial charge in [0.1, 0.15) is 11.5 Å². The quantitative estimate of drug-likeness (QED) is 0.912. The third-order valence-corrected chi connectivity index (χ3v) is 5.34. The van der Waals surface area contributed by atoms with E-state index in [-0.39, 0.29) is 0 Å². The largest absolute Gasteiger partial charge is 0.465 e. The van der Waals surface area contributed by atoms with Crippen molar-refractivity contribution in [1.82, 2.24) is 10.2 Å². The Kier molecular flexibility index (Phi) is 3.67. The fraction of sp³-hybridized carbons (Fsp3) is 0.765. The molecule has 0 aromatic carbocycles. The molecule has 1 aromatic heterocycles. The van der Waals surface area contributed by atoms with E-state index in [1.807, 2.05) is 6.92 Å². The minimum atomic E-state index is 0.293. The van der Waals surface area contributed by atoms with Gasteiger partial charge in [0.15, 0.2) is 0 Å². The number of hydrogen-bond acceptors (Lipinski definition) is 3. The highest BCUT2D eigenvalue weighted by Crippen LogP contribution is 2.43. The minimum absolute atomic E-state index is 0.293. The van der Waals surface area contributed by atoms with Crippen molar-refractivity contribution < 1.29 is 4.42 Å². The zero-order valence-corrected chi connectivity index (χ0v) is 13.3. The normalized spacial score (nSPS) is 33.3. The second-order valence-electron chi connectivity index (χ2n) is 6.93. The molecule has 0 spiro atoms. The van der Waals surface area contributed by atoms with Gasteiger partial charge in [-0.1, -0.05) is 6.92 Å². The fourth-order valence-electron chi connectivity index (χ4n) is 3.70. The molecule has 1 N–H and O–H groups in total. The first-order valence-electron chi connectivity index (χ1n) is 8.10. The van der Waals surface area contributed by atoms with Crippen LogP contribution in [0.15, 0.2) is 16.5 Å². The highest BCUT2D eigenvalue weighted by atomic mass is 16.3. The minimum Gasteiger partial charge on any atom is -0.465 e. The molecular formula is C17H28N2O. The molecule has 3 heteroatoms. The van der Waals surface area contributed by atoms with E-state index in [2.05, 4.69) is 43.1 Å². The molecule has 1 aromatic rings. The summed E-state index contributed by atoms with van der Waals surface area (Å²) in [7, 11) is 0. The Balaban J connectivity index is 1.79. The summed E-state index contributed by atoms with van der Waals surface area (Å²) in [6, 6.07) is 5.20. The fourth-order valence-corrected chi connectivity index (χ4v) is 3.70. The predicted octanol–water partition coefficient (Wildman–Crippen LogP) is 3.50. The zero-order valence-electron chi connectivity index (χ0n) is 13.3. The van der Waals surface area contributed by atoms with E-state index in [9.17, 15) is 0 Å². The Morgan fingerprint density at radius 1 is 1.45 bits per heavy atom. The number of aryl methyl sites for hydroxylation is 1. The van der Waals surface area contributed by atoms with E-state index < -0.39 is 0 Å². The van der Waals surface area contributed by atoms with E-state index in [0.29, 0.717) is 17.6 Å². The number of hydrogen-bond donors (Lipinski definition) is 1. The molecular weight excluding hydrogens is 248 g/mol. The van der Waals surface area contributed by atoms with E-state index >= 15 is 0 Å². The number of nitrogens with one attached hydrogen (secondary N) is 1. The van der Waals surface area contributed by atoms with Gasteiger partial charge in [-0.25, -0.2) is 0 Å². The van der Waals surface area contributed by atoms with Crippen molar-refractivity contribution in [3.63, 3.8) is 0 Å². The molecule has 3 rings (SSSR count). The summed E-state index contributed by atoms with van der Waals surface area (Å²) in [5, 5.41) is 3.83. The molecule has 2 fully saturated rings.